The van der Waals surface area contributed by atoms with Gasteiger partial charge in [0.1, 0.15) is 5.75 Å². The molecule has 0 radical (unpaired) electrons. The summed E-state index contributed by atoms with van der Waals surface area (Å²) in [6.45, 7) is 2.90. The van der Waals surface area contributed by atoms with Gasteiger partial charge in [-0.3, -0.25) is 4.99 Å². The van der Waals surface area contributed by atoms with Crippen molar-refractivity contribution in [2.45, 2.75) is 39.0 Å². The molecule has 0 aliphatic carbocycles. The summed E-state index contributed by atoms with van der Waals surface area (Å²) in [5.74, 6) is 0.839. The number of hydrogen-bond donors (Lipinski definition) is 3. The van der Waals surface area contributed by atoms with Gasteiger partial charge in [0.25, 0.3) is 0 Å². The topological polar surface area (TPSA) is 73.4 Å². The van der Waals surface area contributed by atoms with E-state index in [2.05, 4.69) is 16.0 Å². The van der Waals surface area contributed by atoms with Crippen LogP contribution in [0.4, 0.5) is 0 Å². The van der Waals surface area contributed by atoms with Gasteiger partial charge in [-0.15, -0.1) is 0 Å². The zero-order valence-corrected chi connectivity index (χ0v) is 15.3. The molecule has 0 atom stereocenters. The summed E-state index contributed by atoms with van der Waals surface area (Å²) in [5.41, 5.74) is 5.03. The van der Waals surface area contributed by atoms with Gasteiger partial charge in [-0.2, -0.15) is 0 Å². The lowest BCUT2D eigenvalue weighted by atomic mass is 10.1. The van der Waals surface area contributed by atoms with Crippen molar-refractivity contribution in [2.24, 2.45) is 4.99 Å². The highest BCUT2D eigenvalue weighted by Gasteiger charge is 2.11. The Morgan fingerprint density at radius 1 is 1.15 bits per heavy atom. The van der Waals surface area contributed by atoms with Crippen molar-refractivity contribution in [3.05, 3.63) is 47.9 Å². The molecular weight excluding hydrogens is 326 g/mol. The number of allylic oxidation sites excluding steroid dienone is 2. The Kier molecular flexibility index (Phi) is 6.50. The van der Waals surface area contributed by atoms with E-state index in [1.165, 1.54) is 0 Å². The number of aliphatic hydroxyl groups excluding tert-OH is 1. The van der Waals surface area contributed by atoms with Crippen LogP contribution in [0.2, 0.25) is 0 Å². The lowest BCUT2D eigenvalue weighted by molar-refractivity contribution is 0.283. The summed E-state index contributed by atoms with van der Waals surface area (Å²) in [7, 11) is 0. The third kappa shape index (κ3) is 4.76. The van der Waals surface area contributed by atoms with E-state index >= 15 is 0 Å². The van der Waals surface area contributed by atoms with Gasteiger partial charge in [-0.1, -0.05) is 12.8 Å². The van der Waals surface area contributed by atoms with Crippen LogP contribution in [0.3, 0.4) is 0 Å². The second-order valence-corrected chi connectivity index (χ2v) is 6.37. The molecule has 0 saturated heterocycles. The predicted molar refractivity (Wildman–Crippen MR) is 106 cm³/mol. The summed E-state index contributed by atoms with van der Waals surface area (Å²) in [4.78, 5) is 11.3. The molecule has 2 aromatic rings. The van der Waals surface area contributed by atoms with Crippen molar-refractivity contribution in [1.82, 2.24) is 9.97 Å². The molecule has 0 fully saturated rings. The highest BCUT2D eigenvalue weighted by molar-refractivity contribution is 5.99. The Labute approximate surface area is 154 Å². The average molecular weight is 353 g/mol. The molecule has 5 heteroatoms. The number of nitrogens with one attached hydrogen (secondary N) is 2. The molecule has 0 amide bonds. The van der Waals surface area contributed by atoms with Gasteiger partial charge in [-0.25, -0.2) is 0 Å². The molecule has 1 aliphatic heterocycles. The summed E-state index contributed by atoms with van der Waals surface area (Å²) in [5, 5.41) is 8.82. The van der Waals surface area contributed by atoms with E-state index in [-0.39, 0.29) is 6.61 Å². The molecule has 0 unspecified atom stereocenters. The molecule has 3 heterocycles. The third-order valence-electron chi connectivity index (χ3n) is 4.35. The fraction of sp³-hybridized carbons (Fsp3) is 0.381. The monoisotopic (exact) mass is 353 g/mol. The Morgan fingerprint density at radius 2 is 2.04 bits per heavy atom. The number of ether oxygens (including phenoxy) is 1. The van der Waals surface area contributed by atoms with Crippen LogP contribution in [0.1, 0.15) is 44.7 Å². The minimum absolute atomic E-state index is 0.288. The van der Waals surface area contributed by atoms with Crippen LogP contribution in [0.25, 0.3) is 17.5 Å². The van der Waals surface area contributed by atoms with Crippen LogP contribution < -0.4 is 4.74 Å². The molecule has 1 aliphatic rings. The first-order valence-electron chi connectivity index (χ1n) is 9.38. The Bertz CT molecular complexity index is 782. The van der Waals surface area contributed by atoms with Crippen LogP contribution in [0.5, 0.6) is 5.75 Å². The van der Waals surface area contributed by atoms with Crippen molar-refractivity contribution < 1.29 is 9.84 Å². The molecule has 5 nitrogen and oxygen atoms in total. The minimum Gasteiger partial charge on any atom is -0.492 e. The second kappa shape index (κ2) is 9.25. The molecule has 0 bridgehead atoms. The van der Waals surface area contributed by atoms with Crippen molar-refractivity contribution in [1.29, 1.82) is 0 Å². The quantitative estimate of drug-likeness (QED) is 0.542. The first-order chi connectivity index (χ1) is 12.8. The minimum atomic E-state index is 0.288. The van der Waals surface area contributed by atoms with Gasteiger partial charge in [0.15, 0.2) is 0 Å². The first-order valence-corrected chi connectivity index (χ1v) is 9.38. The van der Waals surface area contributed by atoms with Gasteiger partial charge in [0.05, 0.1) is 29.4 Å². The number of H-pyrrole nitrogens is 2. The van der Waals surface area contributed by atoms with Crippen LogP contribution in [0.15, 0.2) is 47.2 Å². The second-order valence-electron chi connectivity index (χ2n) is 6.37. The largest absolute Gasteiger partial charge is 0.492 e. The Morgan fingerprint density at radius 3 is 2.81 bits per heavy atom. The predicted octanol–water partition coefficient (Wildman–Crippen LogP) is 4.70. The van der Waals surface area contributed by atoms with Gasteiger partial charge >= 0.3 is 0 Å². The number of aliphatic hydroxyl groups is 1. The summed E-state index contributed by atoms with van der Waals surface area (Å²) < 4.78 is 5.77. The third-order valence-corrected chi connectivity index (χ3v) is 4.35. The van der Waals surface area contributed by atoms with Crippen LogP contribution in [-0.2, 0) is 0 Å². The maximum absolute atomic E-state index is 8.82. The van der Waals surface area contributed by atoms with Crippen LogP contribution in [0, 0.1) is 0 Å². The highest BCUT2D eigenvalue weighted by atomic mass is 16.5. The number of aromatic amines is 2. The van der Waals surface area contributed by atoms with E-state index in [0.717, 1.165) is 66.3 Å². The summed E-state index contributed by atoms with van der Waals surface area (Å²) in [6, 6.07) is 6.03. The SMILES string of the molecule is CCOc1cc(-c2ccc[nH]2)[nH]c1/C=C1\C=CC(CCCCCCO)=N1. The highest BCUT2D eigenvalue weighted by Crippen LogP contribution is 2.29. The zero-order chi connectivity index (χ0) is 18.2. The molecule has 2 aromatic heterocycles. The van der Waals surface area contributed by atoms with Gasteiger partial charge in [0.2, 0.25) is 0 Å². The van der Waals surface area contributed by atoms with Crippen molar-refractivity contribution in [3.63, 3.8) is 0 Å². The van der Waals surface area contributed by atoms with E-state index < -0.39 is 0 Å². The Hall–Kier alpha value is -2.53. The van der Waals surface area contributed by atoms with Crippen LogP contribution >= 0.6 is 0 Å². The van der Waals surface area contributed by atoms with Crippen molar-refractivity contribution >= 4 is 11.8 Å². The van der Waals surface area contributed by atoms with Crippen molar-refractivity contribution in [2.75, 3.05) is 13.2 Å². The van der Waals surface area contributed by atoms with Gasteiger partial charge in [-0.05, 0) is 56.5 Å². The number of aliphatic imine (C=N–C) groups is 1. The maximum Gasteiger partial charge on any atom is 0.144 e. The fourth-order valence-electron chi connectivity index (χ4n) is 3.04. The molecule has 26 heavy (non-hydrogen) atoms. The van der Waals surface area contributed by atoms with E-state index in [0.29, 0.717) is 6.61 Å². The smallest absolute Gasteiger partial charge is 0.144 e. The molecular formula is C21H27N3O2. The number of unbranched alkanes of at least 4 members (excludes halogenated alkanes) is 3. The molecule has 0 saturated carbocycles. The lowest BCUT2D eigenvalue weighted by Gasteiger charge is -2.01. The summed E-state index contributed by atoms with van der Waals surface area (Å²) in [6.07, 6.45) is 13.3. The fourth-order valence-corrected chi connectivity index (χ4v) is 3.04. The number of nitrogens with zero attached hydrogens (tertiary/aromatic N) is 1. The van der Waals surface area contributed by atoms with E-state index in [4.69, 9.17) is 14.8 Å². The normalized spacial score (nSPS) is 15.0. The van der Waals surface area contributed by atoms with Gasteiger partial charge in [0, 0.05) is 24.6 Å². The molecule has 3 N–H and O–H groups in total. The van der Waals surface area contributed by atoms with E-state index in [1.54, 1.807) is 0 Å². The number of aromatic nitrogens is 2. The standard InChI is InChI=1S/C21H27N3O2/c1-2-26-21-15-19(18-9-7-12-22-18)24-20(21)14-17-11-10-16(23-17)8-5-3-4-6-13-25/h7,9-12,14-15,22,24-25H,2-6,8,13H2,1H3/b17-14+. The molecule has 3 rings (SSSR count). The van der Waals surface area contributed by atoms with Gasteiger partial charge < -0.3 is 19.8 Å². The molecule has 0 aromatic carbocycles. The first kappa shape index (κ1) is 18.3. The zero-order valence-electron chi connectivity index (χ0n) is 15.3. The van der Waals surface area contributed by atoms with Crippen LogP contribution in [-0.4, -0.2) is 34.0 Å². The Balaban J connectivity index is 1.68. The number of hydrogen-bond acceptors (Lipinski definition) is 3. The number of rotatable bonds is 10. The van der Waals surface area contributed by atoms with Crippen molar-refractivity contribution in [3.8, 4) is 17.1 Å². The molecule has 0 spiro atoms. The maximum atomic E-state index is 8.82. The van der Waals surface area contributed by atoms with E-state index in [1.807, 2.05) is 43.5 Å². The van der Waals surface area contributed by atoms with E-state index in [9.17, 15) is 0 Å². The molecule has 138 valence electrons. The summed E-state index contributed by atoms with van der Waals surface area (Å²) >= 11 is 0. The average Bonchev–Trinajstić information content (AvgIpc) is 3.37. The lowest BCUT2D eigenvalue weighted by Crippen LogP contribution is -1.92.